The molecule has 0 saturated heterocycles. The molecule has 0 aliphatic heterocycles. The quantitative estimate of drug-likeness (QED) is 0.758. The molecule has 0 fully saturated rings. The van der Waals surface area contributed by atoms with Crippen LogP contribution in [-0.4, -0.2) is 20.2 Å². The number of methoxy groups -OCH3 is 1. The second kappa shape index (κ2) is 4.45. The Kier molecular flexibility index (Phi) is 3.28. The van der Waals surface area contributed by atoms with Gasteiger partial charge in [0, 0.05) is 13.1 Å². The third-order valence-corrected chi connectivity index (χ3v) is 1.65. The molecule has 0 aliphatic rings. The molecule has 0 radical (unpaired) electrons. The first-order valence-electron chi connectivity index (χ1n) is 3.99. The summed E-state index contributed by atoms with van der Waals surface area (Å²) >= 11 is 0. The first kappa shape index (κ1) is 10.3. The molecule has 1 aromatic rings. The normalized spacial score (nSPS) is 9.36. The van der Waals surface area contributed by atoms with Gasteiger partial charge in [-0.15, -0.1) is 0 Å². The Morgan fingerprint density at radius 2 is 2.21 bits per heavy atom. The summed E-state index contributed by atoms with van der Waals surface area (Å²) < 4.78 is 18.0. The molecule has 2 amide bonds. The lowest BCUT2D eigenvalue weighted by Crippen LogP contribution is -2.24. The Labute approximate surface area is 81.1 Å². The number of hydrogen-bond acceptors (Lipinski definition) is 2. The van der Waals surface area contributed by atoms with Gasteiger partial charge in [0.25, 0.3) is 0 Å². The number of ether oxygens (including phenoxy) is 1. The van der Waals surface area contributed by atoms with E-state index in [4.69, 9.17) is 4.74 Å². The minimum absolute atomic E-state index is 0.0868. The number of halogens is 1. The third-order valence-electron chi connectivity index (χ3n) is 1.65. The van der Waals surface area contributed by atoms with Crippen molar-refractivity contribution < 1.29 is 13.9 Å². The third kappa shape index (κ3) is 2.35. The molecule has 0 heterocycles. The Bertz CT molecular complexity index is 342. The maximum absolute atomic E-state index is 13.1. The van der Waals surface area contributed by atoms with Gasteiger partial charge < -0.3 is 15.4 Å². The largest absolute Gasteiger partial charge is 0.497 e. The van der Waals surface area contributed by atoms with Crippen molar-refractivity contribution in [3.05, 3.63) is 24.0 Å². The fourth-order valence-corrected chi connectivity index (χ4v) is 0.912. The van der Waals surface area contributed by atoms with Gasteiger partial charge in [-0.2, -0.15) is 0 Å². The highest BCUT2D eigenvalue weighted by atomic mass is 19.1. The predicted molar refractivity (Wildman–Crippen MR) is 51.0 cm³/mol. The van der Waals surface area contributed by atoms with Crippen LogP contribution in [0.15, 0.2) is 18.2 Å². The van der Waals surface area contributed by atoms with Gasteiger partial charge in [-0.05, 0) is 12.1 Å². The summed E-state index contributed by atoms with van der Waals surface area (Å²) in [5.41, 5.74) is 0.0868. The smallest absolute Gasteiger partial charge is 0.319 e. The van der Waals surface area contributed by atoms with E-state index in [1.165, 1.54) is 32.4 Å². The number of amides is 2. The molecule has 0 atom stereocenters. The fraction of sp³-hybridized carbons (Fsp3) is 0.222. The summed E-state index contributed by atoms with van der Waals surface area (Å²) in [6.45, 7) is 0. The number of nitrogens with one attached hydrogen (secondary N) is 2. The van der Waals surface area contributed by atoms with Gasteiger partial charge in [0.2, 0.25) is 0 Å². The van der Waals surface area contributed by atoms with Crippen LogP contribution in [0.25, 0.3) is 0 Å². The van der Waals surface area contributed by atoms with Gasteiger partial charge in [-0.1, -0.05) is 0 Å². The van der Waals surface area contributed by atoms with Gasteiger partial charge in [-0.3, -0.25) is 0 Å². The van der Waals surface area contributed by atoms with Crippen molar-refractivity contribution in [3.63, 3.8) is 0 Å². The molecule has 76 valence electrons. The Morgan fingerprint density at radius 3 is 2.79 bits per heavy atom. The first-order chi connectivity index (χ1) is 6.67. The van der Waals surface area contributed by atoms with Gasteiger partial charge in [0.1, 0.15) is 11.6 Å². The lowest BCUT2D eigenvalue weighted by molar-refractivity contribution is 0.254. The van der Waals surface area contributed by atoms with E-state index in [0.717, 1.165) is 0 Å². The second-order valence-electron chi connectivity index (χ2n) is 2.55. The molecule has 0 aromatic heterocycles. The molecule has 0 aliphatic carbocycles. The van der Waals surface area contributed by atoms with Crippen molar-refractivity contribution in [1.82, 2.24) is 5.32 Å². The van der Waals surface area contributed by atoms with E-state index < -0.39 is 11.8 Å². The summed E-state index contributed by atoms with van der Waals surface area (Å²) in [5, 5.41) is 4.65. The Morgan fingerprint density at radius 1 is 1.50 bits per heavy atom. The zero-order valence-corrected chi connectivity index (χ0v) is 7.93. The molecule has 0 spiro atoms. The number of benzene rings is 1. The maximum atomic E-state index is 13.1. The van der Waals surface area contributed by atoms with E-state index in [1.807, 2.05) is 0 Å². The molecule has 0 saturated carbocycles. The lowest BCUT2D eigenvalue weighted by Gasteiger charge is -2.07. The summed E-state index contributed by atoms with van der Waals surface area (Å²) in [7, 11) is 2.92. The van der Waals surface area contributed by atoms with Gasteiger partial charge in [-0.25, -0.2) is 9.18 Å². The molecule has 5 heteroatoms. The maximum Gasteiger partial charge on any atom is 0.319 e. The van der Waals surface area contributed by atoms with Crippen molar-refractivity contribution >= 4 is 11.7 Å². The van der Waals surface area contributed by atoms with E-state index in [9.17, 15) is 9.18 Å². The zero-order chi connectivity index (χ0) is 10.6. The highest BCUT2D eigenvalue weighted by Crippen LogP contribution is 2.20. The van der Waals surface area contributed by atoms with Crippen LogP contribution in [-0.2, 0) is 0 Å². The topological polar surface area (TPSA) is 50.4 Å². The second-order valence-corrected chi connectivity index (χ2v) is 2.55. The van der Waals surface area contributed by atoms with E-state index in [2.05, 4.69) is 10.6 Å². The highest BCUT2D eigenvalue weighted by molar-refractivity contribution is 5.89. The summed E-state index contributed by atoms with van der Waals surface area (Å²) in [4.78, 5) is 10.9. The van der Waals surface area contributed by atoms with Crippen molar-refractivity contribution in [2.24, 2.45) is 0 Å². The summed E-state index contributed by atoms with van der Waals surface area (Å²) in [6, 6.07) is 3.64. The van der Waals surface area contributed by atoms with Crippen LogP contribution in [0.3, 0.4) is 0 Å². The molecular weight excluding hydrogens is 187 g/mol. The number of anilines is 1. The number of carbonyl (C=O) groups excluding carboxylic acids is 1. The average Bonchev–Trinajstić information content (AvgIpc) is 2.21. The van der Waals surface area contributed by atoms with Crippen molar-refractivity contribution in [3.8, 4) is 5.75 Å². The minimum Gasteiger partial charge on any atom is -0.497 e. The Balaban J connectivity index is 2.89. The van der Waals surface area contributed by atoms with Crippen LogP contribution in [0, 0.1) is 5.82 Å². The van der Waals surface area contributed by atoms with E-state index >= 15 is 0 Å². The summed E-state index contributed by atoms with van der Waals surface area (Å²) in [5.74, 6) is -0.0211. The van der Waals surface area contributed by atoms with Crippen molar-refractivity contribution in [2.45, 2.75) is 0 Å². The van der Waals surface area contributed by atoms with E-state index in [-0.39, 0.29) is 5.69 Å². The minimum atomic E-state index is -0.505. The van der Waals surface area contributed by atoms with Crippen LogP contribution in [0.4, 0.5) is 14.9 Å². The molecular formula is C9H11FN2O2. The average molecular weight is 198 g/mol. The number of rotatable bonds is 2. The van der Waals surface area contributed by atoms with Crippen LogP contribution >= 0.6 is 0 Å². The van der Waals surface area contributed by atoms with E-state index in [1.54, 1.807) is 0 Å². The molecule has 0 unspecified atom stereocenters. The van der Waals surface area contributed by atoms with Gasteiger partial charge >= 0.3 is 6.03 Å². The SMILES string of the molecule is CNC(=O)Nc1cc(OC)ccc1F. The van der Waals surface area contributed by atoms with Crippen molar-refractivity contribution in [1.29, 1.82) is 0 Å². The highest BCUT2D eigenvalue weighted by Gasteiger charge is 2.06. The van der Waals surface area contributed by atoms with Crippen LogP contribution in [0.5, 0.6) is 5.75 Å². The first-order valence-corrected chi connectivity index (χ1v) is 3.99. The van der Waals surface area contributed by atoms with E-state index in [0.29, 0.717) is 5.75 Å². The molecule has 0 bridgehead atoms. The Hall–Kier alpha value is -1.78. The van der Waals surface area contributed by atoms with Gasteiger partial charge in [0.05, 0.1) is 12.8 Å². The fourth-order valence-electron chi connectivity index (χ4n) is 0.912. The number of carbonyl (C=O) groups is 1. The number of hydrogen-bond donors (Lipinski definition) is 2. The lowest BCUT2D eigenvalue weighted by atomic mass is 10.3. The molecule has 1 aromatic carbocycles. The van der Waals surface area contributed by atoms with Crippen LogP contribution in [0.1, 0.15) is 0 Å². The van der Waals surface area contributed by atoms with Crippen LogP contribution in [0.2, 0.25) is 0 Å². The monoisotopic (exact) mass is 198 g/mol. The number of urea groups is 1. The van der Waals surface area contributed by atoms with Gasteiger partial charge in [0.15, 0.2) is 0 Å². The molecule has 2 N–H and O–H groups in total. The molecule has 4 nitrogen and oxygen atoms in total. The summed E-state index contributed by atoms with van der Waals surface area (Å²) in [6.07, 6.45) is 0. The standard InChI is InChI=1S/C9H11FN2O2/c1-11-9(13)12-8-5-6(14-2)3-4-7(8)10/h3-5H,1-2H3,(H2,11,12,13). The van der Waals surface area contributed by atoms with Crippen molar-refractivity contribution in [2.75, 3.05) is 19.5 Å². The predicted octanol–water partition coefficient (Wildman–Crippen LogP) is 1.59. The molecule has 14 heavy (non-hydrogen) atoms. The zero-order valence-electron chi connectivity index (χ0n) is 7.93. The molecule has 1 rings (SSSR count). The van der Waals surface area contributed by atoms with Crippen LogP contribution < -0.4 is 15.4 Å².